The van der Waals surface area contributed by atoms with Crippen molar-refractivity contribution in [2.45, 2.75) is 31.6 Å². The van der Waals surface area contributed by atoms with E-state index in [1.54, 1.807) is 4.31 Å². The van der Waals surface area contributed by atoms with Gasteiger partial charge in [0.25, 0.3) is 0 Å². The zero-order chi connectivity index (χ0) is 10.1. The van der Waals surface area contributed by atoms with Crippen molar-refractivity contribution in [3.8, 4) is 0 Å². The van der Waals surface area contributed by atoms with Crippen molar-refractivity contribution in [2.24, 2.45) is 0 Å². The number of hydrogen-bond donors (Lipinski definition) is 0. The molecule has 3 nitrogen and oxygen atoms in total. The van der Waals surface area contributed by atoms with Crippen LogP contribution >= 0.6 is 11.8 Å². The zero-order valence-corrected chi connectivity index (χ0v) is 9.99. The number of thioether (sulfide) groups is 1. The van der Waals surface area contributed by atoms with Crippen LogP contribution in [0.25, 0.3) is 0 Å². The summed E-state index contributed by atoms with van der Waals surface area (Å²) in [5, 5.41) is 0.425. The maximum Gasteiger partial charge on any atom is 0.211 e. The van der Waals surface area contributed by atoms with Gasteiger partial charge in [-0.2, -0.15) is 16.1 Å². The predicted molar refractivity (Wildman–Crippen MR) is 57.5 cm³/mol. The summed E-state index contributed by atoms with van der Waals surface area (Å²) in [6.45, 7) is 4.83. The van der Waals surface area contributed by atoms with Gasteiger partial charge in [-0.25, -0.2) is 8.42 Å². The summed E-state index contributed by atoms with van der Waals surface area (Å²) in [6.07, 6.45) is 2.21. The fourth-order valence-electron chi connectivity index (χ4n) is 1.79. The summed E-state index contributed by atoms with van der Waals surface area (Å²) in [6, 6.07) is 0.189. The number of rotatable bonds is 2. The molecule has 0 spiro atoms. The van der Waals surface area contributed by atoms with Crippen LogP contribution in [0.2, 0.25) is 0 Å². The maximum absolute atomic E-state index is 11.4. The molecule has 0 radical (unpaired) electrons. The molecule has 0 saturated carbocycles. The molecule has 0 aromatic carbocycles. The van der Waals surface area contributed by atoms with Gasteiger partial charge in [0, 0.05) is 23.6 Å². The molecule has 13 heavy (non-hydrogen) atoms. The lowest BCUT2D eigenvalue weighted by atomic mass is 10.1. The molecule has 78 valence electrons. The first-order valence-electron chi connectivity index (χ1n) is 4.55. The van der Waals surface area contributed by atoms with Crippen LogP contribution in [0.3, 0.4) is 0 Å². The summed E-state index contributed by atoms with van der Waals surface area (Å²) in [5.74, 6) is 0.921. The average molecular weight is 223 g/mol. The van der Waals surface area contributed by atoms with Crippen LogP contribution in [0, 0.1) is 0 Å². The van der Waals surface area contributed by atoms with E-state index in [4.69, 9.17) is 0 Å². The van der Waals surface area contributed by atoms with Gasteiger partial charge in [-0.05, 0) is 6.42 Å². The van der Waals surface area contributed by atoms with E-state index in [9.17, 15) is 8.42 Å². The highest BCUT2D eigenvalue weighted by atomic mass is 32.2. The highest BCUT2D eigenvalue weighted by Crippen LogP contribution is 2.27. The molecular formula is C8H17NO2S2. The molecule has 0 N–H and O–H groups in total. The Morgan fingerprint density at radius 2 is 2.15 bits per heavy atom. The first-order valence-corrected chi connectivity index (χ1v) is 7.45. The Bertz CT molecular complexity index is 263. The maximum atomic E-state index is 11.4. The second kappa shape index (κ2) is 4.19. The molecule has 0 aromatic heterocycles. The molecule has 0 aromatic rings. The topological polar surface area (TPSA) is 37.4 Å². The van der Waals surface area contributed by atoms with Crippen molar-refractivity contribution in [3.05, 3.63) is 0 Å². The third-order valence-electron chi connectivity index (χ3n) is 2.45. The Hall–Kier alpha value is 0.260. The number of sulfonamides is 1. The fourth-order valence-corrected chi connectivity index (χ4v) is 4.46. The standard InChI is InChI=1S/C8H17NO2S2/c1-4-8-7(2)12-6-5-9(8)13(3,10)11/h7-8H,4-6H2,1-3H3. The molecule has 5 heteroatoms. The quantitative estimate of drug-likeness (QED) is 0.705. The van der Waals surface area contributed by atoms with E-state index < -0.39 is 10.0 Å². The van der Waals surface area contributed by atoms with E-state index in [0.717, 1.165) is 12.2 Å². The van der Waals surface area contributed by atoms with Gasteiger partial charge >= 0.3 is 0 Å². The minimum Gasteiger partial charge on any atom is -0.212 e. The normalized spacial score (nSPS) is 31.9. The van der Waals surface area contributed by atoms with Crippen molar-refractivity contribution in [1.82, 2.24) is 4.31 Å². The second-order valence-electron chi connectivity index (χ2n) is 3.43. The minimum absolute atomic E-state index is 0.189. The largest absolute Gasteiger partial charge is 0.212 e. The fraction of sp³-hybridized carbons (Fsp3) is 1.00. The van der Waals surface area contributed by atoms with Crippen molar-refractivity contribution < 1.29 is 8.42 Å². The first kappa shape index (κ1) is 11.3. The Kier molecular flexibility index (Phi) is 3.65. The van der Waals surface area contributed by atoms with E-state index in [-0.39, 0.29) is 6.04 Å². The summed E-state index contributed by atoms with van der Waals surface area (Å²) >= 11 is 1.86. The highest BCUT2D eigenvalue weighted by Gasteiger charge is 2.32. The van der Waals surface area contributed by atoms with Crippen molar-refractivity contribution in [3.63, 3.8) is 0 Å². The molecule has 0 aliphatic carbocycles. The lowest BCUT2D eigenvalue weighted by molar-refractivity contribution is 0.316. The first-order chi connectivity index (χ1) is 5.96. The van der Waals surface area contributed by atoms with Crippen LogP contribution in [-0.2, 0) is 10.0 Å². The lowest BCUT2D eigenvalue weighted by Crippen LogP contribution is -2.48. The SMILES string of the molecule is CCC1C(C)SCCN1S(C)(=O)=O. The minimum atomic E-state index is -3.00. The smallest absolute Gasteiger partial charge is 0.211 e. The molecule has 1 aliphatic heterocycles. The van der Waals surface area contributed by atoms with E-state index in [1.165, 1.54) is 6.26 Å². The highest BCUT2D eigenvalue weighted by molar-refractivity contribution is 8.00. The predicted octanol–water partition coefficient (Wildman–Crippen LogP) is 1.16. The molecule has 1 saturated heterocycles. The summed E-state index contributed by atoms with van der Waals surface area (Å²) in [5.41, 5.74) is 0. The van der Waals surface area contributed by atoms with Crippen LogP contribution in [0.15, 0.2) is 0 Å². The van der Waals surface area contributed by atoms with Gasteiger partial charge < -0.3 is 0 Å². The Morgan fingerprint density at radius 3 is 2.54 bits per heavy atom. The zero-order valence-electron chi connectivity index (χ0n) is 8.36. The van der Waals surface area contributed by atoms with Crippen molar-refractivity contribution >= 4 is 21.8 Å². The summed E-state index contributed by atoms with van der Waals surface area (Å²) in [7, 11) is -3.00. The summed E-state index contributed by atoms with van der Waals surface area (Å²) < 4.78 is 24.5. The van der Waals surface area contributed by atoms with Gasteiger partial charge in [0.15, 0.2) is 0 Å². The third kappa shape index (κ3) is 2.60. The van der Waals surface area contributed by atoms with Gasteiger partial charge in [-0.1, -0.05) is 13.8 Å². The van der Waals surface area contributed by atoms with E-state index in [2.05, 4.69) is 6.92 Å². The Balaban J connectivity index is 2.83. The van der Waals surface area contributed by atoms with Gasteiger partial charge in [0.2, 0.25) is 10.0 Å². The molecule has 1 heterocycles. The number of nitrogens with zero attached hydrogens (tertiary/aromatic N) is 1. The van der Waals surface area contributed by atoms with Crippen LogP contribution in [0.4, 0.5) is 0 Å². The summed E-state index contributed by atoms with van der Waals surface area (Å²) in [4.78, 5) is 0. The van der Waals surface area contributed by atoms with Crippen molar-refractivity contribution in [1.29, 1.82) is 0 Å². The van der Waals surface area contributed by atoms with Gasteiger partial charge in [-0.3, -0.25) is 0 Å². The molecule has 0 amide bonds. The Labute approximate surface area is 84.9 Å². The molecular weight excluding hydrogens is 206 g/mol. The monoisotopic (exact) mass is 223 g/mol. The molecule has 1 aliphatic rings. The lowest BCUT2D eigenvalue weighted by Gasteiger charge is -2.37. The Morgan fingerprint density at radius 1 is 1.54 bits per heavy atom. The van der Waals surface area contributed by atoms with Crippen LogP contribution in [0.5, 0.6) is 0 Å². The van der Waals surface area contributed by atoms with Crippen molar-refractivity contribution in [2.75, 3.05) is 18.6 Å². The van der Waals surface area contributed by atoms with E-state index in [0.29, 0.717) is 11.8 Å². The second-order valence-corrected chi connectivity index (χ2v) is 6.85. The van der Waals surface area contributed by atoms with Crippen LogP contribution in [0.1, 0.15) is 20.3 Å². The number of hydrogen-bond acceptors (Lipinski definition) is 3. The van der Waals surface area contributed by atoms with E-state index >= 15 is 0 Å². The van der Waals surface area contributed by atoms with Crippen LogP contribution < -0.4 is 0 Å². The van der Waals surface area contributed by atoms with Gasteiger partial charge in [-0.15, -0.1) is 0 Å². The molecule has 2 atom stereocenters. The third-order valence-corrected chi connectivity index (χ3v) is 5.01. The molecule has 1 fully saturated rings. The van der Waals surface area contributed by atoms with Crippen LogP contribution in [-0.4, -0.2) is 42.6 Å². The molecule has 1 rings (SSSR count). The molecule has 0 bridgehead atoms. The van der Waals surface area contributed by atoms with E-state index in [1.807, 2.05) is 18.7 Å². The van der Waals surface area contributed by atoms with Gasteiger partial charge in [0.05, 0.1) is 6.26 Å². The average Bonchev–Trinajstić information content (AvgIpc) is 2.02. The van der Waals surface area contributed by atoms with Gasteiger partial charge in [0.1, 0.15) is 0 Å². The molecule has 2 unspecified atom stereocenters.